The van der Waals surface area contributed by atoms with E-state index in [0.717, 1.165) is 0 Å². The van der Waals surface area contributed by atoms with E-state index < -0.39 is 4.92 Å². The molecule has 0 bridgehead atoms. The minimum absolute atomic E-state index is 0.0210. The Morgan fingerprint density at radius 3 is 2.86 bits per heavy atom. The highest BCUT2D eigenvalue weighted by Gasteiger charge is 2.15. The van der Waals surface area contributed by atoms with Crippen LogP contribution in [0, 0.1) is 10.1 Å². The molecular weight excluding hydrogens is 292 g/mol. The SMILES string of the molecule is CC(N)c1nc(C(=O)NCc2ccccc2[N+](=O)[O-])cs1. The molecule has 1 amide bonds. The standard InChI is InChI=1S/C13H14N4O3S/c1-8(14)13-16-10(7-21-13)12(18)15-6-9-4-2-3-5-11(9)17(19)20/h2-5,7-8H,6,14H2,1H3,(H,15,18). The number of hydrogen-bond donors (Lipinski definition) is 2. The number of nitro benzene ring substituents is 1. The Balaban J connectivity index is 2.06. The van der Waals surface area contributed by atoms with E-state index in [0.29, 0.717) is 10.6 Å². The fourth-order valence-electron chi connectivity index (χ4n) is 1.71. The average molecular weight is 306 g/mol. The molecule has 2 rings (SSSR count). The number of aromatic nitrogens is 1. The maximum absolute atomic E-state index is 12.0. The number of nitrogens with one attached hydrogen (secondary N) is 1. The second kappa shape index (κ2) is 6.42. The van der Waals surface area contributed by atoms with Crippen LogP contribution in [-0.2, 0) is 6.54 Å². The van der Waals surface area contributed by atoms with Crippen molar-refractivity contribution < 1.29 is 9.72 Å². The Hall–Kier alpha value is -2.32. The van der Waals surface area contributed by atoms with Gasteiger partial charge in [0.25, 0.3) is 11.6 Å². The molecule has 8 heteroatoms. The lowest BCUT2D eigenvalue weighted by atomic mass is 10.2. The van der Waals surface area contributed by atoms with E-state index >= 15 is 0 Å². The van der Waals surface area contributed by atoms with E-state index in [1.807, 2.05) is 0 Å². The lowest BCUT2D eigenvalue weighted by Crippen LogP contribution is -2.23. The first kappa shape index (κ1) is 15.1. The zero-order valence-electron chi connectivity index (χ0n) is 11.3. The lowest BCUT2D eigenvalue weighted by molar-refractivity contribution is -0.385. The van der Waals surface area contributed by atoms with Crippen LogP contribution in [0.5, 0.6) is 0 Å². The van der Waals surface area contributed by atoms with Crippen LogP contribution in [0.1, 0.15) is 34.0 Å². The number of carbonyl (C=O) groups is 1. The summed E-state index contributed by atoms with van der Waals surface area (Å²) >= 11 is 1.31. The molecule has 110 valence electrons. The lowest BCUT2D eigenvalue weighted by Gasteiger charge is -2.04. The van der Waals surface area contributed by atoms with Crippen molar-refractivity contribution in [2.75, 3.05) is 0 Å². The van der Waals surface area contributed by atoms with Gasteiger partial charge < -0.3 is 11.1 Å². The number of rotatable bonds is 5. The predicted octanol–water partition coefficient (Wildman–Crippen LogP) is 2.00. The van der Waals surface area contributed by atoms with Gasteiger partial charge in [0, 0.05) is 23.6 Å². The average Bonchev–Trinajstić information content (AvgIpc) is 2.95. The van der Waals surface area contributed by atoms with Gasteiger partial charge in [-0.15, -0.1) is 11.3 Å². The first-order chi connectivity index (χ1) is 9.99. The summed E-state index contributed by atoms with van der Waals surface area (Å²) in [6.45, 7) is 1.86. The zero-order valence-corrected chi connectivity index (χ0v) is 12.1. The molecule has 0 saturated carbocycles. The first-order valence-electron chi connectivity index (χ1n) is 6.20. The number of hydrogen-bond acceptors (Lipinski definition) is 6. The van der Waals surface area contributed by atoms with Crippen molar-refractivity contribution in [2.24, 2.45) is 5.73 Å². The van der Waals surface area contributed by atoms with Crippen LogP contribution in [-0.4, -0.2) is 15.8 Å². The third-order valence-corrected chi connectivity index (χ3v) is 3.82. The number of carbonyl (C=O) groups excluding carboxylic acids is 1. The van der Waals surface area contributed by atoms with Crippen LogP contribution in [0.2, 0.25) is 0 Å². The Morgan fingerprint density at radius 2 is 2.24 bits per heavy atom. The van der Waals surface area contributed by atoms with Crippen molar-refractivity contribution in [1.29, 1.82) is 0 Å². The normalized spacial score (nSPS) is 11.9. The van der Waals surface area contributed by atoms with Gasteiger partial charge in [0.15, 0.2) is 0 Å². The second-order valence-electron chi connectivity index (χ2n) is 4.43. The summed E-state index contributed by atoms with van der Waals surface area (Å²) in [5.41, 5.74) is 6.38. The van der Waals surface area contributed by atoms with Gasteiger partial charge in [0.1, 0.15) is 10.7 Å². The van der Waals surface area contributed by atoms with Gasteiger partial charge in [0.05, 0.1) is 11.0 Å². The number of nitrogens with zero attached hydrogens (tertiary/aromatic N) is 2. The number of thiazole rings is 1. The highest BCUT2D eigenvalue weighted by atomic mass is 32.1. The molecule has 0 radical (unpaired) electrons. The molecule has 1 aromatic carbocycles. The smallest absolute Gasteiger partial charge is 0.274 e. The summed E-state index contributed by atoms with van der Waals surface area (Å²) in [5.74, 6) is -0.378. The monoisotopic (exact) mass is 306 g/mol. The highest BCUT2D eigenvalue weighted by Crippen LogP contribution is 2.18. The predicted molar refractivity (Wildman–Crippen MR) is 79.0 cm³/mol. The molecule has 3 N–H and O–H groups in total. The molecule has 0 aliphatic rings. The molecule has 0 saturated heterocycles. The summed E-state index contributed by atoms with van der Waals surface area (Å²) in [7, 11) is 0. The van der Waals surface area contributed by atoms with Crippen LogP contribution in [0.15, 0.2) is 29.6 Å². The van der Waals surface area contributed by atoms with E-state index in [-0.39, 0.29) is 29.9 Å². The Morgan fingerprint density at radius 1 is 1.52 bits per heavy atom. The van der Waals surface area contributed by atoms with Crippen LogP contribution < -0.4 is 11.1 Å². The minimum Gasteiger partial charge on any atom is -0.346 e. The highest BCUT2D eigenvalue weighted by molar-refractivity contribution is 7.09. The quantitative estimate of drug-likeness (QED) is 0.648. The Kier molecular flexibility index (Phi) is 4.61. The van der Waals surface area contributed by atoms with Crippen LogP contribution in [0.3, 0.4) is 0 Å². The molecule has 2 aromatic rings. The number of amides is 1. The van der Waals surface area contributed by atoms with E-state index in [2.05, 4.69) is 10.3 Å². The van der Waals surface area contributed by atoms with Gasteiger partial charge in [-0.1, -0.05) is 18.2 Å². The van der Waals surface area contributed by atoms with Crippen molar-refractivity contribution in [3.05, 3.63) is 56.0 Å². The minimum atomic E-state index is -0.474. The Bertz CT molecular complexity index is 669. The van der Waals surface area contributed by atoms with E-state index in [1.54, 1.807) is 30.5 Å². The molecular formula is C13H14N4O3S. The molecule has 0 spiro atoms. The summed E-state index contributed by atoms with van der Waals surface area (Å²) < 4.78 is 0. The summed E-state index contributed by atoms with van der Waals surface area (Å²) in [5, 5.41) is 15.8. The van der Waals surface area contributed by atoms with Crippen LogP contribution >= 0.6 is 11.3 Å². The summed E-state index contributed by atoms with van der Waals surface area (Å²) in [6, 6.07) is 6.04. The van der Waals surface area contributed by atoms with Crippen molar-refractivity contribution in [1.82, 2.24) is 10.3 Å². The van der Waals surface area contributed by atoms with Gasteiger partial charge in [-0.25, -0.2) is 4.98 Å². The molecule has 1 unspecified atom stereocenters. The molecule has 1 atom stereocenters. The van der Waals surface area contributed by atoms with Gasteiger partial charge in [-0.05, 0) is 6.92 Å². The molecule has 0 aliphatic carbocycles. The molecule has 0 aliphatic heterocycles. The number of nitro groups is 1. The molecule has 7 nitrogen and oxygen atoms in total. The maximum Gasteiger partial charge on any atom is 0.274 e. The number of para-hydroxylation sites is 1. The zero-order chi connectivity index (χ0) is 15.4. The second-order valence-corrected chi connectivity index (χ2v) is 5.32. The van der Waals surface area contributed by atoms with Gasteiger partial charge in [0.2, 0.25) is 0 Å². The van der Waals surface area contributed by atoms with E-state index in [4.69, 9.17) is 5.73 Å². The fraction of sp³-hybridized carbons (Fsp3) is 0.231. The fourth-order valence-corrected chi connectivity index (χ4v) is 2.46. The van der Waals surface area contributed by atoms with Crippen LogP contribution in [0.4, 0.5) is 5.69 Å². The number of benzene rings is 1. The van der Waals surface area contributed by atoms with Crippen molar-refractivity contribution >= 4 is 22.9 Å². The molecule has 1 aromatic heterocycles. The maximum atomic E-state index is 12.0. The third kappa shape index (κ3) is 3.61. The van der Waals surface area contributed by atoms with E-state index in [9.17, 15) is 14.9 Å². The summed E-state index contributed by atoms with van der Waals surface area (Å²) in [4.78, 5) is 26.5. The van der Waals surface area contributed by atoms with Gasteiger partial charge in [-0.3, -0.25) is 14.9 Å². The van der Waals surface area contributed by atoms with Crippen molar-refractivity contribution in [3.8, 4) is 0 Å². The van der Waals surface area contributed by atoms with Crippen LogP contribution in [0.25, 0.3) is 0 Å². The molecule has 21 heavy (non-hydrogen) atoms. The van der Waals surface area contributed by atoms with Crippen molar-refractivity contribution in [2.45, 2.75) is 19.5 Å². The van der Waals surface area contributed by atoms with E-state index in [1.165, 1.54) is 17.4 Å². The molecule has 1 heterocycles. The van der Waals surface area contributed by atoms with Gasteiger partial charge in [-0.2, -0.15) is 0 Å². The third-order valence-electron chi connectivity index (χ3n) is 2.77. The number of nitrogens with two attached hydrogens (primary N) is 1. The Labute approximate surface area is 125 Å². The van der Waals surface area contributed by atoms with Crippen molar-refractivity contribution in [3.63, 3.8) is 0 Å². The topological polar surface area (TPSA) is 111 Å². The molecule has 0 fully saturated rings. The summed E-state index contributed by atoms with van der Waals surface area (Å²) in [6.07, 6.45) is 0. The largest absolute Gasteiger partial charge is 0.346 e. The first-order valence-corrected chi connectivity index (χ1v) is 7.08. The van der Waals surface area contributed by atoms with Gasteiger partial charge >= 0.3 is 0 Å².